The van der Waals surface area contributed by atoms with E-state index in [1.54, 1.807) is 12.1 Å². The topological polar surface area (TPSA) is 117 Å². The Balaban J connectivity index is 2.09. The van der Waals surface area contributed by atoms with Crippen LogP contribution >= 0.6 is 0 Å². The zero-order valence-corrected chi connectivity index (χ0v) is 15.1. The van der Waals surface area contributed by atoms with Crippen molar-refractivity contribution in [3.8, 4) is 6.07 Å². The van der Waals surface area contributed by atoms with Crippen LogP contribution in [-0.4, -0.2) is 50.8 Å². The molecule has 8 nitrogen and oxygen atoms in total. The average Bonchev–Trinajstić information content (AvgIpc) is 2.67. The zero-order chi connectivity index (χ0) is 19.0. The maximum absolute atomic E-state index is 12.8. The molecule has 0 aliphatic carbocycles. The molecule has 1 heterocycles. The minimum atomic E-state index is -3.80. The Hall–Kier alpha value is -2.44. The molecule has 1 fully saturated rings. The highest BCUT2D eigenvalue weighted by Gasteiger charge is 2.30. The molecule has 1 amide bonds. The minimum absolute atomic E-state index is 0.0945. The molecule has 1 aliphatic heterocycles. The van der Waals surface area contributed by atoms with E-state index in [0.717, 1.165) is 19.3 Å². The largest absolute Gasteiger partial charge is 0.452 e. The number of rotatable bonds is 7. The summed E-state index contributed by atoms with van der Waals surface area (Å²) in [5.74, 6) is -1.43. The van der Waals surface area contributed by atoms with Crippen LogP contribution in [0.2, 0.25) is 0 Å². The van der Waals surface area contributed by atoms with E-state index in [4.69, 9.17) is 10.00 Å². The van der Waals surface area contributed by atoms with Crippen LogP contribution in [0.25, 0.3) is 0 Å². The fourth-order valence-electron chi connectivity index (χ4n) is 2.62. The summed E-state index contributed by atoms with van der Waals surface area (Å²) in [6.45, 7) is 0.467. The molecular weight excluding hydrogens is 358 g/mol. The van der Waals surface area contributed by atoms with E-state index in [1.807, 2.05) is 6.07 Å². The van der Waals surface area contributed by atoms with E-state index >= 15 is 0 Å². The molecule has 1 aromatic carbocycles. The Bertz CT molecular complexity index is 795. The molecule has 1 aliphatic rings. The molecule has 0 unspecified atom stereocenters. The highest BCUT2D eigenvalue weighted by atomic mass is 32.2. The smallest absolute Gasteiger partial charge is 0.340 e. The second kappa shape index (κ2) is 9.31. The predicted octanol–water partition coefficient (Wildman–Crippen LogP) is 1.05. The van der Waals surface area contributed by atoms with Gasteiger partial charge in [-0.2, -0.15) is 9.57 Å². The van der Waals surface area contributed by atoms with Crippen molar-refractivity contribution in [1.29, 1.82) is 5.26 Å². The lowest BCUT2D eigenvalue weighted by atomic mass is 10.2. The van der Waals surface area contributed by atoms with Crippen molar-refractivity contribution in [2.24, 2.45) is 0 Å². The first kappa shape index (κ1) is 19.9. The predicted molar refractivity (Wildman–Crippen MR) is 92.6 cm³/mol. The van der Waals surface area contributed by atoms with Gasteiger partial charge in [-0.3, -0.25) is 4.79 Å². The molecule has 0 atom stereocenters. The van der Waals surface area contributed by atoms with Gasteiger partial charge in [-0.1, -0.05) is 18.6 Å². The molecule has 2 rings (SSSR count). The summed E-state index contributed by atoms with van der Waals surface area (Å²) in [6.07, 6.45) is 2.71. The highest BCUT2D eigenvalue weighted by Crippen LogP contribution is 2.24. The second-order valence-corrected chi connectivity index (χ2v) is 7.70. The van der Waals surface area contributed by atoms with Gasteiger partial charge in [0.15, 0.2) is 6.61 Å². The van der Waals surface area contributed by atoms with Crippen LogP contribution in [0.1, 0.15) is 36.0 Å². The number of hydrogen-bond acceptors (Lipinski definition) is 6. The van der Waals surface area contributed by atoms with Crippen molar-refractivity contribution in [2.75, 3.05) is 26.2 Å². The van der Waals surface area contributed by atoms with Gasteiger partial charge in [-0.05, 0) is 25.0 Å². The van der Waals surface area contributed by atoms with Gasteiger partial charge < -0.3 is 10.1 Å². The number of benzene rings is 1. The van der Waals surface area contributed by atoms with E-state index < -0.39 is 28.5 Å². The van der Waals surface area contributed by atoms with E-state index in [-0.39, 0.29) is 23.4 Å². The molecule has 1 N–H and O–H groups in total. The first-order valence-electron chi connectivity index (χ1n) is 8.37. The van der Waals surface area contributed by atoms with Gasteiger partial charge in [0.1, 0.15) is 0 Å². The number of sulfonamides is 1. The molecule has 0 radical (unpaired) electrons. The maximum atomic E-state index is 12.8. The van der Waals surface area contributed by atoms with Crippen molar-refractivity contribution in [2.45, 2.75) is 30.6 Å². The number of carbonyl (C=O) groups is 2. The Labute approximate surface area is 152 Å². The van der Waals surface area contributed by atoms with Crippen LogP contribution in [-0.2, 0) is 19.6 Å². The van der Waals surface area contributed by atoms with Crippen LogP contribution in [0, 0.1) is 11.3 Å². The number of nitrogens with zero attached hydrogens (tertiary/aromatic N) is 2. The van der Waals surface area contributed by atoms with E-state index in [2.05, 4.69) is 5.32 Å². The summed E-state index contributed by atoms with van der Waals surface area (Å²) in [5, 5.41) is 10.8. The number of esters is 1. The number of hydrogen-bond donors (Lipinski definition) is 1. The number of ether oxygens (including phenoxy) is 1. The number of amides is 1. The molecule has 9 heteroatoms. The number of nitrogens with one attached hydrogen (secondary N) is 1. The summed E-state index contributed by atoms with van der Waals surface area (Å²) < 4.78 is 32.0. The van der Waals surface area contributed by atoms with Crippen LogP contribution in [0.3, 0.4) is 0 Å². The molecule has 1 saturated heterocycles. The third-order valence-electron chi connectivity index (χ3n) is 3.93. The molecule has 140 valence electrons. The van der Waals surface area contributed by atoms with Crippen molar-refractivity contribution < 1.29 is 22.7 Å². The standard InChI is InChI=1S/C17H21N3O5S/c18-9-6-10-19-16(21)13-25-17(22)14-7-2-3-8-15(14)26(23,24)20-11-4-1-5-12-20/h2-3,7-8H,1,4-6,10-13H2,(H,19,21). The van der Waals surface area contributed by atoms with Crippen LogP contribution < -0.4 is 5.32 Å². The summed E-state index contributed by atoms with van der Waals surface area (Å²) >= 11 is 0. The summed E-state index contributed by atoms with van der Waals surface area (Å²) in [4.78, 5) is 23.7. The molecule has 0 aromatic heterocycles. The van der Waals surface area contributed by atoms with Gasteiger partial charge in [0, 0.05) is 19.6 Å². The second-order valence-electron chi connectivity index (χ2n) is 5.80. The van der Waals surface area contributed by atoms with Gasteiger partial charge in [0.05, 0.1) is 22.9 Å². The minimum Gasteiger partial charge on any atom is -0.452 e. The van der Waals surface area contributed by atoms with Gasteiger partial charge in [0.2, 0.25) is 10.0 Å². The molecule has 26 heavy (non-hydrogen) atoms. The fourth-order valence-corrected chi connectivity index (χ4v) is 4.32. The molecule has 0 bridgehead atoms. The Morgan fingerprint density at radius 1 is 1.19 bits per heavy atom. The fraction of sp³-hybridized carbons (Fsp3) is 0.471. The molecule has 0 saturated carbocycles. The SMILES string of the molecule is N#CCCNC(=O)COC(=O)c1ccccc1S(=O)(=O)N1CCCCC1. The van der Waals surface area contributed by atoms with Crippen LogP contribution in [0.4, 0.5) is 0 Å². The molecule has 1 aromatic rings. The normalized spacial score (nSPS) is 15.0. The van der Waals surface area contributed by atoms with Gasteiger partial charge >= 0.3 is 5.97 Å². The average molecular weight is 379 g/mol. The first-order valence-corrected chi connectivity index (χ1v) is 9.81. The lowest BCUT2D eigenvalue weighted by Crippen LogP contribution is -2.36. The van der Waals surface area contributed by atoms with E-state index in [9.17, 15) is 18.0 Å². The lowest BCUT2D eigenvalue weighted by Gasteiger charge is -2.26. The van der Waals surface area contributed by atoms with Crippen LogP contribution in [0.5, 0.6) is 0 Å². The monoisotopic (exact) mass is 379 g/mol. The van der Waals surface area contributed by atoms with Crippen molar-refractivity contribution >= 4 is 21.9 Å². The third-order valence-corrected chi connectivity index (χ3v) is 5.89. The van der Waals surface area contributed by atoms with Crippen LogP contribution in [0.15, 0.2) is 29.2 Å². The number of piperidine rings is 1. The lowest BCUT2D eigenvalue weighted by molar-refractivity contribution is -0.124. The Kier molecular flexibility index (Phi) is 7.12. The first-order chi connectivity index (χ1) is 12.5. The van der Waals surface area contributed by atoms with E-state index in [1.165, 1.54) is 16.4 Å². The summed E-state index contributed by atoms with van der Waals surface area (Å²) in [5.41, 5.74) is -0.0945. The van der Waals surface area contributed by atoms with Gasteiger partial charge in [-0.15, -0.1) is 0 Å². The third kappa shape index (κ3) is 5.03. The molecular formula is C17H21N3O5S. The van der Waals surface area contributed by atoms with Gasteiger partial charge in [-0.25, -0.2) is 13.2 Å². The van der Waals surface area contributed by atoms with Crippen molar-refractivity contribution in [3.05, 3.63) is 29.8 Å². The summed E-state index contributed by atoms with van der Waals surface area (Å²) in [7, 11) is -3.80. The zero-order valence-electron chi connectivity index (χ0n) is 14.3. The van der Waals surface area contributed by atoms with E-state index in [0.29, 0.717) is 13.1 Å². The van der Waals surface area contributed by atoms with Gasteiger partial charge in [0.25, 0.3) is 5.91 Å². The Morgan fingerprint density at radius 2 is 1.88 bits per heavy atom. The van der Waals surface area contributed by atoms with Crippen molar-refractivity contribution in [3.63, 3.8) is 0 Å². The highest BCUT2D eigenvalue weighted by molar-refractivity contribution is 7.89. The quantitative estimate of drug-likeness (QED) is 0.559. The van der Waals surface area contributed by atoms with Crippen molar-refractivity contribution in [1.82, 2.24) is 9.62 Å². The maximum Gasteiger partial charge on any atom is 0.340 e. The Morgan fingerprint density at radius 3 is 2.58 bits per heavy atom. The molecule has 0 spiro atoms. The number of carbonyl (C=O) groups excluding carboxylic acids is 2. The number of nitriles is 1. The summed E-state index contributed by atoms with van der Waals surface area (Å²) in [6, 6.07) is 7.70.